The minimum absolute atomic E-state index is 0.360. The fraction of sp³-hybridized carbons (Fsp3) is 0.188. The van der Waals surface area contributed by atoms with E-state index < -0.39 is 5.97 Å². The maximum atomic E-state index is 12.3. The molecule has 0 saturated heterocycles. The van der Waals surface area contributed by atoms with Gasteiger partial charge in [-0.25, -0.2) is 4.52 Å². The molecule has 0 spiro atoms. The number of aryl methyl sites for hydroxylation is 2. The van der Waals surface area contributed by atoms with Gasteiger partial charge in [0.15, 0.2) is 0 Å². The van der Waals surface area contributed by atoms with Crippen LogP contribution in [0.4, 0.5) is 0 Å². The first kappa shape index (κ1) is 14.1. The average Bonchev–Trinajstić information content (AvgIpc) is 2.86. The second-order valence-electron chi connectivity index (χ2n) is 5.30. The molecule has 0 unspecified atom stereocenters. The van der Waals surface area contributed by atoms with Crippen molar-refractivity contribution in [2.75, 3.05) is 0 Å². The Morgan fingerprint density at radius 2 is 2.00 bits per heavy atom. The summed E-state index contributed by atoms with van der Waals surface area (Å²) in [5, 5.41) is 13.2. The van der Waals surface area contributed by atoms with Gasteiger partial charge in [0.25, 0.3) is 5.56 Å². The monoisotopic (exact) mass is 297 g/mol. The quantitative estimate of drug-likeness (QED) is 0.800. The van der Waals surface area contributed by atoms with Crippen LogP contribution in [0.15, 0.2) is 41.5 Å². The van der Waals surface area contributed by atoms with Gasteiger partial charge in [-0.2, -0.15) is 5.10 Å². The van der Waals surface area contributed by atoms with Gasteiger partial charge < -0.3 is 9.67 Å². The van der Waals surface area contributed by atoms with Crippen LogP contribution >= 0.6 is 0 Å². The number of carboxylic acid groups (broad SMARTS) is 1. The van der Waals surface area contributed by atoms with Crippen LogP contribution in [0.1, 0.15) is 11.1 Å². The first-order valence-corrected chi connectivity index (χ1v) is 6.84. The highest BCUT2D eigenvalue weighted by atomic mass is 16.4. The summed E-state index contributed by atoms with van der Waals surface area (Å²) in [7, 11) is 0. The lowest BCUT2D eigenvalue weighted by molar-refractivity contribution is -0.137. The molecule has 3 rings (SSSR count). The summed E-state index contributed by atoms with van der Waals surface area (Å²) in [6, 6.07) is 7.72. The molecule has 0 aliphatic rings. The maximum Gasteiger partial charge on any atom is 0.323 e. The smallest absolute Gasteiger partial charge is 0.323 e. The van der Waals surface area contributed by atoms with Gasteiger partial charge in [0.05, 0.1) is 5.69 Å². The topological polar surface area (TPSA) is 76.6 Å². The number of aromatic nitrogens is 3. The SMILES string of the molecule is Cc1ccc(-c2cc3c(=O)n(CC(=O)O)ccn3n2)c(C)c1. The number of carboxylic acids is 1. The number of nitrogens with zero attached hydrogens (tertiary/aromatic N) is 3. The highest BCUT2D eigenvalue weighted by Gasteiger charge is 2.12. The van der Waals surface area contributed by atoms with E-state index in [-0.39, 0.29) is 12.1 Å². The fourth-order valence-corrected chi connectivity index (χ4v) is 2.53. The normalized spacial score (nSPS) is 11.0. The first-order valence-electron chi connectivity index (χ1n) is 6.84. The lowest BCUT2D eigenvalue weighted by atomic mass is 10.0. The molecule has 0 aliphatic carbocycles. The summed E-state index contributed by atoms with van der Waals surface area (Å²) in [6.07, 6.45) is 3.02. The molecule has 6 nitrogen and oxygen atoms in total. The van der Waals surface area contributed by atoms with E-state index in [0.29, 0.717) is 11.2 Å². The number of aliphatic carboxylic acids is 1. The first-order chi connectivity index (χ1) is 10.5. The van der Waals surface area contributed by atoms with Gasteiger partial charge in [-0.15, -0.1) is 0 Å². The predicted octanol–water partition coefficient (Wildman–Crippen LogP) is 1.86. The van der Waals surface area contributed by atoms with Crippen molar-refractivity contribution in [3.8, 4) is 11.3 Å². The molecule has 0 amide bonds. The zero-order chi connectivity index (χ0) is 15.9. The van der Waals surface area contributed by atoms with Crippen LogP contribution in [0, 0.1) is 13.8 Å². The van der Waals surface area contributed by atoms with Crippen LogP contribution in [-0.4, -0.2) is 25.3 Å². The van der Waals surface area contributed by atoms with E-state index in [2.05, 4.69) is 11.2 Å². The molecule has 0 aliphatic heterocycles. The highest BCUT2D eigenvalue weighted by molar-refractivity contribution is 5.69. The molecule has 1 aromatic carbocycles. The zero-order valence-electron chi connectivity index (χ0n) is 12.3. The van der Waals surface area contributed by atoms with Crippen molar-refractivity contribution in [2.45, 2.75) is 20.4 Å². The summed E-state index contributed by atoms with van der Waals surface area (Å²) in [5.41, 5.74) is 3.89. The molecule has 0 saturated carbocycles. The van der Waals surface area contributed by atoms with Gasteiger partial charge >= 0.3 is 5.97 Å². The van der Waals surface area contributed by atoms with Crippen LogP contribution in [0.25, 0.3) is 16.8 Å². The Labute approximate surface area is 126 Å². The van der Waals surface area contributed by atoms with Crippen LogP contribution in [-0.2, 0) is 11.3 Å². The van der Waals surface area contributed by atoms with Crippen molar-refractivity contribution < 1.29 is 9.90 Å². The Bertz CT molecular complexity index is 937. The second kappa shape index (κ2) is 5.14. The summed E-state index contributed by atoms with van der Waals surface area (Å²) in [6.45, 7) is 3.65. The van der Waals surface area contributed by atoms with E-state index in [0.717, 1.165) is 21.3 Å². The second-order valence-corrected chi connectivity index (χ2v) is 5.30. The average molecular weight is 297 g/mol. The van der Waals surface area contributed by atoms with E-state index >= 15 is 0 Å². The largest absolute Gasteiger partial charge is 0.480 e. The lowest BCUT2D eigenvalue weighted by Gasteiger charge is -2.03. The van der Waals surface area contributed by atoms with Gasteiger partial charge in [0, 0.05) is 18.0 Å². The summed E-state index contributed by atoms with van der Waals surface area (Å²) >= 11 is 0. The van der Waals surface area contributed by atoms with Gasteiger partial charge in [-0.05, 0) is 25.5 Å². The Morgan fingerprint density at radius 1 is 1.23 bits per heavy atom. The van der Waals surface area contributed by atoms with Crippen molar-refractivity contribution in [3.05, 3.63) is 58.1 Å². The number of benzene rings is 1. The summed E-state index contributed by atoms with van der Waals surface area (Å²) < 4.78 is 2.64. The lowest BCUT2D eigenvalue weighted by Crippen LogP contribution is -2.24. The number of rotatable bonds is 3. The van der Waals surface area contributed by atoms with Gasteiger partial charge in [0.2, 0.25) is 0 Å². The minimum atomic E-state index is -1.06. The minimum Gasteiger partial charge on any atom is -0.480 e. The van der Waals surface area contributed by atoms with Crippen molar-refractivity contribution in [2.24, 2.45) is 0 Å². The molecule has 2 aromatic heterocycles. The molecule has 6 heteroatoms. The van der Waals surface area contributed by atoms with Crippen molar-refractivity contribution >= 4 is 11.5 Å². The highest BCUT2D eigenvalue weighted by Crippen LogP contribution is 2.23. The maximum absolute atomic E-state index is 12.3. The van der Waals surface area contributed by atoms with Crippen LogP contribution < -0.4 is 5.56 Å². The molecule has 2 heterocycles. The van der Waals surface area contributed by atoms with Crippen molar-refractivity contribution in [1.29, 1.82) is 0 Å². The predicted molar refractivity (Wildman–Crippen MR) is 82.0 cm³/mol. The van der Waals surface area contributed by atoms with Crippen LogP contribution in [0.5, 0.6) is 0 Å². The molecule has 3 aromatic rings. The Hall–Kier alpha value is -2.89. The number of carbonyl (C=O) groups is 1. The molecule has 1 N–H and O–H groups in total. The third kappa shape index (κ3) is 2.39. The number of fused-ring (bicyclic) bond motifs is 1. The van der Waals surface area contributed by atoms with E-state index in [1.807, 2.05) is 26.0 Å². The standard InChI is InChI=1S/C16H15N3O3/c1-10-3-4-12(11(2)7-10)13-8-14-16(22)18(9-15(20)21)5-6-19(14)17-13/h3-8H,9H2,1-2H3,(H,20,21). The van der Waals surface area contributed by atoms with Crippen LogP contribution in [0.2, 0.25) is 0 Å². The third-order valence-electron chi connectivity index (χ3n) is 3.57. The van der Waals surface area contributed by atoms with Gasteiger partial charge in [0.1, 0.15) is 12.1 Å². The molecule has 22 heavy (non-hydrogen) atoms. The molecule has 0 fully saturated rings. The van der Waals surface area contributed by atoms with E-state index in [1.54, 1.807) is 12.3 Å². The van der Waals surface area contributed by atoms with Gasteiger partial charge in [-0.3, -0.25) is 9.59 Å². The third-order valence-corrected chi connectivity index (χ3v) is 3.57. The Morgan fingerprint density at radius 3 is 2.68 bits per heavy atom. The molecule has 112 valence electrons. The van der Waals surface area contributed by atoms with Crippen LogP contribution in [0.3, 0.4) is 0 Å². The van der Waals surface area contributed by atoms with Gasteiger partial charge in [-0.1, -0.05) is 23.8 Å². The van der Waals surface area contributed by atoms with Crippen molar-refractivity contribution in [1.82, 2.24) is 14.2 Å². The molecule has 0 atom stereocenters. The Balaban J connectivity index is 2.16. The number of hydrogen-bond donors (Lipinski definition) is 1. The molecular weight excluding hydrogens is 282 g/mol. The van der Waals surface area contributed by atoms with E-state index in [1.165, 1.54) is 10.7 Å². The van der Waals surface area contributed by atoms with Crippen molar-refractivity contribution in [3.63, 3.8) is 0 Å². The summed E-state index contributed by atoms with van der Waals surface area (Å²) in [4.78, 5) is 23.1. The Kier molecular flexibility index (Phi) is 3.29. The fourth-order valence-electron chi connectivity index (χ4n) is 2.53. The zero-order valence-corrected chi connectivity index (χ0v) is 12.3. The molecular formula is C16H15N3O3. The summed E-state index contributed by atoms with van der Waals surface area (Å²) in [5.74, 6) is -1.06. The molecule has 0 bridgehead atoms. The van der Waals surface area contributed by atoms with E-state index in [9.17, 15) is 9.59 Å². The molecule has 0 radical (unpaired) electrons. The number of hydrogen-bond acceptors (Lipinski definition) is 3. The van der Waals surface area contributed by atoms with E-state index in [4.69, 9.17) is 5.11 Å².